The van der Waals surface area contributed by atoms with Crippen LogP contribution < -0.4 is 5.32 Å². The number of anilines is 1. The van der Waals surface area contributed by atoms with Crippen molar-refractivity contribution in [1.29, 1.82) is 0 Å². The molecule has 5 heteroatoms. The van der Waals surface area contributed by atoms with Gasteiger partial charge >= 0.3 is 0 Å². The lowest BCUT2D eigenvalue weighted by atomic mass is 10.1. The van der Waals surface area contributed by atoms with Gasteiger partial charge < -0.3 is 5.32 Å². The van der Waals surface area contributed by atoms with Gasteiger partial charge in [-0.25, -0.2) is 0 Å². The summed E-state index contributed by atoms with van der Waals surface area (Å²) in [5.41, 5.74) is 2.66. The van der Waals surface area contributed by atoms with Crippen LogP contribution in [-0.2, 0) is 4.79 Å². The Labute approximate surface area is 184 Å². The number of benzene rings is 4. The van der Waals surface area contributed by atoms with Crippen molar-refractivity contribution in [1.82, 2.24) is 10.2 Å². The van der Waals surface area contributed by atoms with E-state index < -0.39 is 0 Å². The highest BCUT2D eigenvalue weighted by Crippen LogP contribution is 2.25. The molecule has 1 heterocycles. The molecule has 0 aliphatic heterocycles. The lowest BCUT2D eigenvalue weighted by molar-refractivity contribution is -0.113. The van der Waals surface area contributed by atoms with Crippen molar-refractivity contribution in [3.8, 4) is 11.3 Å². The molecule has 5 rings (SSSR count). The highest BCUT2D eigenvalue weighted by molar-refractivity contribution is 7.99. The second kappa shape index (κ2) is 8.58. The van der Waals surface area contributed by atoms with Crippen LogP contribution in [0.2, 0.25) is 0 Å². The first kappa shape index (κ1) is 19.3. The summed E-state index contributed by atoms with van der Waals surface area (Å²) in [6.07, 6.45) is 0. The molecule has 0 bridgehead atoms. The first-order valence-corrected chi connectivity index (χ1v) is 11.0. The van der Waals surface area contributed by atoms with E-state index in [4.69, 9.17) is 0 Å². The number of hydrogen-bond acceptors (Lipinski definition) is 4. The third-order valence-corrected chi connectivity index (χ3v) is 6.02. The third-order valence-electron chi connectivity index (χ3n) is 5.10. The van der Waals surface area contributed by atoms with Crippen LogP contribution in [0, 0.1) is 0 Å². The van der Waals surface area contributed by atoms with Crippen molar-refractivity contribution < 1.29 is 4.79 Å². The van der Waals surface area contributed by atoms with E-state index in [0.29, 0.717) is 0 Å². The van der Waals surface area contributed by atoms with Crippen molar-refractivity contribution in [2.24, 2.45) is 0 Å². The van der Waals surface area contributed by atoms with Gasteiger partial charge in [-0.05, 0) is 40.4 Å². The largest absolute Gasteiger partial charge is 0.325 e. The minimum Gasteiger partial charge on any atom is -0.325 e. The first-order valence-electron chi connectivity index (χ1n) is 10.00. The van der Waals surface area contributed by atoms with E-state index in [1.54, 1.807) is 0 Å². The lowest BCUT2D eigenvalue weighted by Gasteiger charge is -2.08. The molecular weight excluding hydrogens is 402 g/mol. The highest BCUT2D eigenvalue weighted by Gasteiger charge is 2.08. The number of amides is 1. The molecule has 4 aromatic carbocycles. The highest BCUT2D eigenvalue weighted by atomic mass is 32.2. The average molecular weight is 422 g/mol. The summed E-state index contributed by atoms with van der Waals surface area (Å²) in [6, 6.07) is 32.3. The Balaban J connectivity index is 1.25. The first-order chi connectivity index (χ1) is 15.3. The number of nitrogens with zero attached hydrogens (tertiary/aromatic N) is 2. The molecule has 4 nitrogen and oxygen atoms in total. The molecule has 0 saturated carbocycles. The molecule has 1 aromatic heterocycles. The van der Waals surface area contributed by atoms with E-state index >= 15 is 0 Å². The maximum absolute atomic E-state index is 12.5. The molecule has 1 amide bonds. The van der Waals surface area contributed by atoms with Crippen LogP contribution in [0.4, 0.5) is 5.69 Å². The summed E-state index contributed by atoms with van der Waals surface area (Å²) >= 11 is 1.37. The Kier molecular flexibility index (Phi) is 5.33. The van der Waals surface area contributed by atoms with Crippen LogP contribution in [-0.4, -0.2) is 21.9 Å². The quantitative estimate of drug-likeness (QED) is 0.344. The molecule has 0 saturated heterocycles. The van der Waals surface area contributed by atoms with Crippen LogP contribution in [0.5, 0.6) is 0 Å². The van der Waals surface area contributed by atoms with Crippen LogP contribution in [0.15, 0.2) is 102 Å². The number of aromatic nitrogens is 2. The van der Waals surface area contributed by atoms with Crippen LogP contribution in [0.3, 0.4) is 0 Å². The van der Waals surface area contributed by atoms with E-state index in [2.05, 4.69) is 45.8 Å². The van der Waals surface area contributed by atoms with Gasteiger partial charge in [-0.2, -0.15) is 0 Å². The number of nitrogens with one attached hydrogen (secondary N) is 1. The second-order valence-corrected chi connectivity index (χ2v) is 8.18. The molecule has 0 spiro atoms. The van der Waals surface area contributed by atoms with Crippen LogP contribution in [0.1, 0.15) is 0 Å². The smallest absolute Gasteiger partial charge is 0.234 e. The molecule has 31 heavy (non-hydrogen) atoms. The fourth-order valence-corrected chi connectivity index (χ4v) is 4.17. The molecule has 1 N–H and O–H groups in total. The minimum absolute atomic E-state index is 0.0678. The SMILES string of the molecule is O=C(CSc1ccc(-c2ccc3ccccc3c2)nn1)Nc1cccc2ccccc12. The molecule has 0 atom stereocenters. The Morgan fingerprint density at radius 2 is 1.52 bits per heavy atom. The predicted octanol–water partition coefficient (Wildman–Crippen LogP) is 6.18. The van der Waals surface area contributed by atoms with Crippen molar-refractivity contribution in [3.05, 3.63) is 97.1 Å². The van der Waals surface area contributed by atoms with Crippen LogP contribution >= 0.6 is 11.8 Å². The van der Waals surface area contributed by atoms with Crippen molar-refractivity contribution in [2.45, 2.75) is 5.03 Å². The maximum atomic E-state index is 12.5. The monoisotopic (exact) mass is 421 g/mol. The topological polar surface area (TPSA) is 54.9 Å². The number of fused-ring (bicyclic) bond motifs is 2. The Bertz CT molecular complexity index is 1380. The molecule has 0 fully saturated rings. The van der Waals surface area contributed by atoms with Gasteiger partial charge in [-0.3, -0.25) is 4.79 Å². The number of hydrogen-bond donors (Lipinski definition) is 1. The van der Waals surface area contributed by atoms with E-state index in [9.17, 15) is 4.79 Å². The summed E-state index contributed by atoms with van der Waals surface area (Å²) in [5.74, 6) is 0.203. The number of carbonyl (C=O) groups is 1. The molecule has 0 aliphatic rings. The molecule has 5 aromatic rings. The van der Waals surface area contributed by atoms with Gasteiger partial charge in [0.05, 0.1) is 11.4 Å². The van der Waals surface area contributed by atoms with Crippen molar-refractivity contribution in [2.75, 3.05) is 11.1 Å². The third kappa shape index (κ3) is 4.27. The van der Waals surface area contributed by atoms with Gasteiger partial charge in [0.1, 0.15) is 5.03 Å². The van der Waals surface area contributed by atoms with Gasteiger partial charge in [-0.1, -0.05) is 84.6 Å². The van der Waals surface area contributed by atoms with Gasteiger partial charge in [-0.15, -0.1) is 10.2 Å². The van der Waals surface area contributed by atoms with E-state index in [1.807, 2.05) is 66.7 Å². The zero-order chi connectivity index (χ0) is 21.0. The standard InChI is InChI=1S/C26H19N3OS/c30-25(27-24-11-5-9-19-7-3-4-10-22(19)24)17-31-26-15-14-23(28-29-26)21-13-12-18-6-1-2-8-20(18)16-21/h1-16H,17H2,(H,27,30). The molecule has 0 unspecified atom stereocenters. The zero-order valence-corrected chi connectivity index (χ0v) is 17.5. The van der Waals surface area contributed by atoms with E-state index in [1.165, 1.54) is 22.5 Å². The summed E-state index contributed by atoms with van der Waals surface area (Å²) in [7, 11) is 0. The normalized spacial score (nSPS) is 11.0. The summed E-state index contributed by atoms with van der Waals surface area (Å²) < 4.78 is 0. The van der Waals surface area contributed by atoms with Gasteiger partial charge in [0.25, 0.3) is 0 Å². The summed E-state index contributed by atoms with van der Waals surface area (Å²) in [5, 5.41) is 16.9. The predicted molar refractivity (Wildman–Crippen MR) is 128 cm³/mol. The van der Waals surface area contributed by atoms with Gasteiger partial charge in [0, 0.05) is 16.6 Å². The van der Waals surface area contributed by atoms with Crippen LogP contribution in [0.25, 0.3) is 32.8 Å². The molecule has 0 radical (unpaired) electrons. The summed E-state index contributed by atoms with van der Waals surface area (Å²) in [6.45, 7) is 0. The second-order valence-electron chi connectivity index (χ2n) is 7.18. The fourth-order valence-electron chi connectivity index (χ4n) is 3.56. The molecule has 0 aliphatic carbocycles. The lowest BCUT2D eigenvalue weighted by Crippen LogP contribution is -2.14. The number of thioether (sulfide) groups is 1. The van der Waals surface area contributed by atoms with Gasteiger partial charge in [0.2, 0.25) is 5.91 Å². The number of rotatable bonds is 5. The number of carbonyl (C=O) groups excluding carboxylic acids is 1. The van der Waals surface area contributed by atoms with E-state index in [-0.39, 0.29) is 11.7 Å². The Morgan fingerprint density at radius 3 is 2.35 bits per heavy atom. The van der Waals surface area contributed by atoms with Crippen molar-refractivity contribution >= 4 is 44.9 Å². The average Bonchev–Trinajstić information content (AvgIpc) is 2.83. The molecule has 150 valence electrons. The molecular formula is C26H19N3OS. The van der Waals surface area contributed by atoms with Crippen molar-refractivity contribution in [3.63, 3.8) is 0 Å². The summed E-state index contributed by atoms with van der Waals surface area (Å²) in [4.78, 5) is 12.5. The maximum Gasteiger partial charge on any atom is 0.234 e. The Morgan fingerprint density at radius 1 is 0.742 bits per heavy atom. The van der Waals surface area contributed by atoms with E-state index in [0.717, 1.165) is 32.7 Å². The fraction of sp³-hybridized carbons (Fsp3) is 0.0385. The minimum atomic E-state index is -0.0678. The zero-order valence-electron chi connectivity index (χ0n) is 16.7. The Hall–Kier alpha value is -3.70. The van der Waals surface area contributed by atoms with Gasteiger partial charge in [0.15, 0.2) is 0 Å².